The molecule has 4 N–H and O–H groups in total. The normalized spacial score (nSPS) is 24.1. The molecule has 3 aliphatic heterocycles. The Kier molecular flexibility index (Phi) is 9.29. The molecular weight excluding hydrogens is 536 g/mol. The Morgan fingerprint density at radius 1 is 1.07 bits per heavy atom. The maximum atomic E-state index is 13.3. The number of hydrogen-bond acceptors (Lipinski definition) is 6. The van der Waals surface area contributed by atoms with E-state index in [4.69, 9.17) is 10.5 Å². The van der Waals surface area contributed by atoms with Crippen molar-refractivity contribution in [3.8, 4) is 5.75 Å². The second-order valence-corrected chi connectivity index (χ2v) is 12.2. The zero-order valence-corrected chi connectivity index (χ0v) is 24.3. The summed E-state index contributed by atoms with van der Waals surface area (Å²) in [6.45, 7) is 1.82. The molecule has 3 aromatic rings. The summed E-state index contributed by atoms with van der Waals surface area (Å²) in [5, 5.41) is 6.59. The summed E-state index contributed by atoms with van der Waals surface area (Å²) < 4.78 is 17.9. The molecule has 0 spiro atoms. The van der Waals surface area contributed by atoms with Gasteiger partial charge in [0.15, 0.2) is 4.90 Å². The van der Waals surface area contributed by atoms with Gasteiger partial charge in [-0.05, 0) is 53.3 Å². The molecule has 3 aromatic carbocycles. The number of nitrogens with two attached hydrogens (primary N) is 1. The van der Waals surface area contributed by atoms with E-state index >= 15 is 0 Å². The van der Waals surface area contributed by atoms with Crippen LogP contribution in [0.25, 0.3) is 0 Å². The Labute approximate surface area is 244 Å². The van der Waals surface area contributed by atoms with Crippen LogP contribution in [-0.4, -0.2) is 66.4 Å². The third-order valence-electron chi connectivity index (χ3n) is 8.49. The highest BCUT2D eigenvalue weighted by molar-refractivity contribution is 7.90. The fraction of sp³-hybridized carbons (Fsp3) is 0.375. The zero-order chi connectivity index (χ0) is 28.9. The average molecular weight is 575 g/mol. The Hall–Kier alpha value is -3.37. The topological polar surface area (TPSA) is 120 Å². The lowest BCUT2D eigenvalue weighted by Gasteiger charge is -2.56. The summed E-state index contributed by atoms with van der Waals surface area (Å²) in [4.78, 5) is 27.9. The van der Waals surface area contributed by atoms with E-state index in [1.165, 1.54) is 11.1 Å². The Balaban J connectivity index is 1.53. The van der Waals surface area contributed by atoms with E-state index in [1.807, 2.05) is 30.3 Å². The van der Waals surface area contributed by atoms with Crippen LogP contribution in [0.4, 0.5) is 0 Å². The molecule has 9 heteroatoms. The SMILES string of the molecule is COc1ccc([S+](C)[O-])cc1CN[C@H]1[C@H]2CCN(C[C@@H]2C(=O)NCC(N)=O)[C@H]1C(c1ccccc1)c1ccccc1. The van der Waals surface area contributed by atoms with Crippen molar-refractivity contribution >= 4 is 23.0 Å². The highest BCUT2D eigenvalue weighted by atomic mass is 32.2. The van der Waals surface area contributed by atoms with E-state index in [2.05, 4.69) is 64.1 Å². The van der Waals surface area contributed by atoms with Crippen LogP contribution >= 0.6 is 0 Å². The van der Waals surface area contributed by atoms with Crippen LogP contribution in [0.15, 0.2) is 83.8 Å². The zero-order valence-electron chi connectivity index (χ0n) is 23.5. The lowest BCUT2D eigenvalue weighted by atomic mass is 9.66. The van der Waals surface area contributed by atoms with E-state index in [0.29, 0.717) is 13.1 Å². The van der Waals surface area contributed by atoms with Gasteiger partial charge >= 0.3 is 0 Å². The van der Waals surface area contributed by atoms with Gasteiger partial charge in [0.05, 0.1) is 19.6 Å². The number of nitrogens with one attached hydrogen (secondary N) is 2. The van der Waals surface area contributed by atoms with Crippen molar-refractivity contribution in [2.45, 2.75) is 35.9 Å². The first-order valence-corrected chi connectivity index (χ1v) is 15.6. The van der Waals surface area contributed by atoms with Gasteiger partial charge in [-0.15, -0.1) is 0 Å². The summed E-state index contributed by atoms with van der Waals surface area (Å²) in [6.07, 6.45) is 2.53. The van der Waals surface area contributed by atoms with Crippen LogP contribution in [0.5, 0.6) is 5.75 Å². The van der Waals surface area contributed by atoms with Crippen LogP contribution in [0.2, 0.25) is 0 Å². The minimum atomic E-state index is -1.12. The standard InChI is InChI=1S/C32H38N4O4S/c1-40-27-14-13-24(41(2)39)17-23(27)18-34-30-25-15-16-36(20-26(25)32(38)35-19-28(33)37)31(30)29(21-9-5-3-6-10-21)22-11-7-4-8-12-22/h3-14,17,25-26,29-31,34H,15-16,18-20H2,1-2H3,(H2,33,37)(H,35,38)/t25-,26-,30-,31-,41?/m0/s1. The minimum Gasteiger partial charge on any atom is -0.612 e. The van der Waals surface area contributed by atoms with Crippen LogP contribution < -0.4 is 21.1 Å². The number of fused-ring (bicyclic) bond motifs is 3. The molecule has 6 rings (SSSR count). The molecule has 0 aromatic heterocycles. The number of nitrogens with zero attached hydrogens (tertiary/aromatic N) is 1. The molecule has 3 saturated heterocycles. The van der Waals surface area contributed by atoms with Gasteiger partial charge in [-0.1, -0.05) is 60.7 Å². The molecule has 2 bridgehead atoms. The third-order valence-corrected chi connectivity index (χ3v) is 9.41. The number of benzene rings is 3. The quantitative estimate of drug-likeness (QED) is 0.303. The van der Waals surface area contributed by atoms with Gasteiger partial charge in [0.1, 0.15) is 12.0 Å². The molecule has 2 amide bonds. The van der Waals surface area contributed by atoms with Gasteiger partial charge in [0.2, 0.25) is 11.8 Å². The van der Waals surface area contributed by atoms with Crippen molar-refractivity contribution in [1.82, 2.24) is 15.5 Å². The molecule has 216 valence electrons. The summed E-state index contributed by atoms with van der Waals surface area (Å²) >= 11 is -1.12. The first-order valence-electron chi connectivity index (χ1n) is 14.0. The number of rotatable bonds is 11. The van der Waals surface area contributed by atoms with E-state index in [9.17, 15) is 14.1 Å². The number of carbonyl (C=O) groups excluding carboxylic acids is 2. The number of primary amides is 1. The summed E-state index contributed by atoms with van der Waals surface area (Å²) in [5.41, 5.74) is 8.69. The Bertz CT molecular complexity index is 1300. The number of hydrogen-bond donors (Lipinski definition) is 3. The lowest BCUT2D eigenvalue weighted by Crippen LogP contribution is -2.69. The fourth-order valence-corrected chi connectivity index (χ4v) is 7.22. The first kappa shape index (κ1) is 29.1. The van der Waals surface area contributed by atoms with Crippen LogP contribution in [0.3, 0.4) is 0 Å². The van der Waals surface area contributed by atoms with Crippen molar-refractivity contribution < 1.29 is 18.9 Å². The summed E-state index contributed by atoms with van der Waals surface area (Å²) in [5.74, 6) is -0.129. The largest absolute Gasteiger partial charge is 0.612 e. The van der Waals surface area contributed by atoms with Crippen LogP contribution in [0.1, 0.15) is 29.0 Å². The highest BCUT2D eigenvalue weighted by Crippen LogP contribution is 2.44. The van der Waals surface area contributed by atoms with E-state index in [0.717, 1.165) is 29.2 Å². The fourth-order valence-electron chi connectivity index (χ4n) is 6.66. The maximum Gasteiger partial charge on any atom is 0.236 e. The number of carbonyl (C=O) groups is 2. The molecule has 3 fully saturated rings. The molecule has 0 radical (unpaired) electrons. The molecule has 8 nitrogen and oxygen atoms in total. The van der Waals surface area contributed by atoms with E-state index in [1.54, 1.807) is 13.4 Å². The summed E-state index contributed by atoms with van der Waals surface area (Å²) in [6, 6.07) is 26.7. The van der Waals surface area contributed by atoms with Gasteiger partial charge in [-0.3, -0.25) is 14.5 Å². The second-order valence-electron chi connectivity index (χ2n) is 10.9. The van der Waals surface area contributed by atoms with Crippen molar-refractivity contribution in [2.24, 2.45) is 17.6 Å². The highest BCUT2D eigenvalue weighted by Gasteiger charge is 2.52. The van der Waals surface area contributed by atoms with Crippen LogP contribution in [-0.2, 0) is 27.3 Å². The van der Waals surface area contributed by atoms with Gasteiger partial charge < -0.3 is 25.7 Å². The first-order chi connectivity index (χ1) is 19.9. The van der Waals surface area contributed by atoms with E-state index in [-0.39, 0.29) is 42.3 Å². The number of ether oxygens (including phenoxy) is 1. The predicted octanol–water partition coefficient (Wildman–Crippen LogP) is 2.64. The lowest BCUT2D eigenvalue weighted by molar-refractivity contribution is -0.136. The van der Waals surface area contributed by atoms with Gasteiger partial charge in [-0.2, -0.15) is 0 Å². The molecule has 2 unspecified atom stereocenters. The average Bonchev–Trinajstić information content (AvgIpc) is 3.00. The van der Waals surface area contributed by atoms with Crippen molar-refractivity contribution in [1.29, 1.82) is 0 Å². The smallest absolute Gasteiger partial charge is 0.236 e. The predicted molar refractivity (Wildman–Crippen MR) is 160 cm³/mol. The molecule has 3 aliphatic rings. The number of methoxy groups -OCH3 is 1. The minimum absolute atomic E-state index is 0.0438. The van der Waals surface area contributed by atoms with E-state index < -0.39 is 17.1 Å². The van der Waals surface area contributed by atoms with Crippen LogP contribution in [0, 0.1) is 11.8 Å². The molecule has 0 aliphatic carbocycles. The Morgan fingerprint density at radius 3 is 2.32 bits per heavy atom. The van der Waals surface area contributed by atoms with Crippen molar-refractivity contribution in [3.05, 3.63) is 95.6 Å². The molecule has 3 heterocycles. The second kappa shape index (κ2) is 13.1. The van der Waals surface area contributed by atoms with Crippen molar-refractivity contribution in [3.63, 3.8) is 0 Å². The third kappa shape index (κ3) is 6.43. The Morgan fingerprint density at radius 2 is 1.73 bits per heavy atom. The molecule has 41 heavy (non-hydrogen) atoms. The maximum absolute atomic E-state index is 13.3. The number of amides is 2. The molecule has 0 saturated carbocycles. The van der Waals surface area contributed by atoms with Crippen molar-refractivity contribution in [2.75, 3.05) is 33.0 Å². The number of piperidine rings is 3. The van der Waals surface area contributed by atoms with Gasteiger partial charge in [0.25, 0.3) is 0 Å². The monoisotopic (exact) mass is 574 g/mol. The molecule has 6 atom stereocenters. The molecular formula is C32H38N4O4S. The van der Waals surface area contributed by atoms with Gasteiger partial charge in [-0.25, -0.2) is 0 Å². The summed E-state index contributed by atoms with van der Waals surface area (Å²) in [7, 11) is 1.64. The van der Waals surface area contributed by atoms with Gasteiger partial charge in [0, 0.05) is 42.7 Å².